The van der Waals surface area contributed by atoms with Gasteiger partial charge in [0.1, 0.15) is 10.3 Å². The molecule has 2 fully saturated rings. The van der Waals surface area contributed by atoms with Crippen LogP contribution < -0.4 is 10.2 Å². The minimum atomic E-state index is -0.480. The van der Waals surface area contributed by atoms with Gasteiger partial charge in [0.05, 0.1) is 18.6 Å². The molecule has 1 aliphatic carbocycles. The Morgan fingerprint density at radius 2 is 2.00 bits per heavy atom. The topological polar surface area (TPSA) is 87.7 Å². The second-order valence-corrected chi connectivity index (χ2v) is 9.36. The summed E-state index contributed by atoms with van der Waals surface area (Å²) in [5.74, 6) is -0.226. The van der Waals surface area contributed by atoms with Crippen molar-refractivity contribution >= 4 is 38.8 Å². The highest BCUT2D eigenvalue weighted by Gasteiger charge is 2.37. The fourth-order valence-electron chi connectivity index (χ4n) is 4.57. The third-order valence-corrected chi connectivity index (χ3v) is 7.22. The summed E-state index contributed by atoms with van der Waals surface area (Å²) in [5.41, 5.74) is 0.436. The second kappa shape index (κ2) is 9.80. The van der Waals surface area contributed by atoms with Gasteiger partial charge in [-0.15, -0.1) is 0 Å². The number of urea groups is 1. The van der Waals surface area contributed by atoms with Crippen LogP contribution in [0.5, 0.6) is 0 Å². The van der Waals surface area contributed by atoms with Crippen LogP contribution in [0, 0.1) is 0 Å². The van der Waals surface area contributed by atoms with Crippen molar-refractivity contribution in [2.24, 2.45) is 0 Å². The van der Waals surface area contributed by atoms with Crippen LogP contribution in [-0.2, 0) is 9.53 Å². The average molecular weight is 446 g/mol. The number of hydrogen-bond acceptors (Lipinski definition) is 7. The predicted octanol–water partition coefficient (Wildman–Crippen LogP) is 3.57. The lowest BCUT2D eigenvalue weighted by molar-refractivity contribution is -0.145. The Morgan fingerprint density at radius 1 is 1.16 bits per heavy atom. The molecule has 0 spiro atoms. The summed E-state index contributed by atoms with van der Waals surface area (Å²) >= 11 is 1.60. The highest BCUT2D eigenvalue weighted by Crippen LogP contribution is 2.32. The van der Waals surface area contributed by atoms with Gasteiger partial charge in [0.25, 0.3) is 0 Å². The average Bonchev–Trinajstić information content (AvgIpc) is 3.03. The van der Waals surface area contributed by atoms with Gasteiger partial charge in [0.15, 0.2) is 5.13 Å². The van der Waals surface area contributed by atoms with E-state index in [4.69, 9.17) is 9.72 Å². The molecule has 0 unspecified atom stereocenters. The van der Waals surface area contributed by atoms with Crippen LogP contribution in [-0.4, -0.2) is 65.2 Å². The zero-order chi connectivity index (χ0) is 21.7. The molecule has 0 bridgehead atoms. The first-order chi connectivity index (χ1) is 15.1. The van der Waals surface area contributed by atoms with Crippen LogP contribution in [0.15, 0.2) is 18.3 Å². The van der Waals surface area contributed by atoms with E-state index in [1.807, 2.05) is 24.0 Å². The number of amides is 2. The number of carbonyl (C=O) groups excluding carboxylic acids is 2. The first-order valence-corrected chi connectivity index (χ1v) is 12.1. The number of ether oxygens (including phenoxy) is 1. The largest absolute Gasteiger partial charge is 0.466 e. The first-order valence-electron chi connectivity index (χ1n) is 11.3. The Labute approximate surface area is 187 Å². The van der Waals surface area contributed by atoms with E-state index in [-0.39, 0.29) is 18.4 Å². The molecule has 3 heterocycles. The van der Waals surface area contributed by atoms with Gasteiger partial charge in [0.2, 0.25) is 0 Å². The van der Waals surface area contributed by atoms with Crippen molar-refractivity contribution in [3.8, 4) is 0 Å². The maximum atomic E-state index is 13.2. The lowest BCUT2D eigenvalue weighted by Crippen LogP contribution is -2.55. The van der Waals surface area contributed by atoms with Gasteiger partial charge in [-0.25, -0.2) is 14.8 Å². The van der Waals surface area contributed by atoms with E-state index in [2.05, 4.69) is 15.2 Å². The molecule has 2 aliphatic rings. The summed E-state index contributed by atoms with van der Waals surface area (Å²) in [4.78, 5) is 39.5. The number of nitrogens with zero attached hydrogens (tertiary/aromatic N) is 4. The Bertz CT molecular complexity index is 878. The molecule has 4 rings (SSSR count). The Hall–Kier alpha value is -2.42. The Morgan fingerprint density at radius 3 is 2.77 bits per heavy atom. The number of carbonyl (C=O) groups is 2. The molecular weight excluding hydrogens is 414 g/mol. The number of esters is 1. The molecule has 2 aromatic rings. The predicted molar refractivity (Wildman–Crippen MR) is 121 cm³/mol. The summed E-state index contributed by atoms with van der Waals surface area (Å²) in [7, 11) is 0. The van der Waals surface area contributed by atoms with Gasteiger partial charge in [-0.2, -0.15) is 0 Å². The van der Waals surface area contributed by atoms with Crippen molar-refractivity contribution in [3.63, 3.8) is 0 Å². The third-order valence-electron chi connectivity index (χ3n) is 6.18. The van der Waals surface area contributed by atoms with Crippen LogP contribution >= 0.6 is 11.3 Å². The number of thiazole rings is 1. The molecule has 2 aromatic heterocycles. The molecule has 0 radical (unpaired) electrons. The molecule has 31 heavy (non-hydrogen) atoms. The van der Waals surface area contributed by atoms with Crippen molar-refractivity contribution in [2.45, 2.75) is 57.4 Å². The number of fused-ring (bicyclic) bond motifs is 1. The van der Waals surface area contributed by atoms with Gasteiger partial charge < -0.3 is 19.9 Å². The minimum absolute atomic E-state index is 0.0704. The number of nitrogens with one attached hydrogen (secondary N) is 1. The fraction of sp³-hybridized carbons (Fsp3) is 0.636. The number of aromatic nitrogens is 2. The van der Waals surface area contributed by atoms with Crippen LogP contribution in [0.3, 0.4) is 0 Å². The number of anilines is 1. The van der Waals surface area contributed by atoms with Crippen molar-refractivity contribution in [2.75, 3.05) is 37.7 Å². The van der Waals surface area contributed by atoms with E-state index in [9.17, 15) is 9.59 Å². The summed E-state index contributed by atoms with van der Waals surface area (Å²) in [6.45, 7) is 5.10. The molecule has 1 N–H and O–H groups in total. The van der Waals surface area contributed by atoms with Gasteiger partial charge in [0, 0.05) is 32.4 Å². The highest BCUT2D eigenvalue weighted by molar-refractivity contribution is 7.21. The molecule has 1 saturated carbocycles. The molecular formula is C22H31N5O3S. The lowest BCUT2D eigenvalue weighted by Gasteiger charge is -2.39. The summed E-state index contributed by atoms with van der Waals surface area (Å²) in [5, 5.41) is 4.20. The van der Waals surface area contributed by atoms with Crippen molar-refractivity contribution in [1.82, 2.24) is 20.2 Å². The Kier molecular flexibility index (Phi) is 6.89. The molecule has 0 atom stereocenters. The van der Waals surface area contributed by atoms with Crippen molar-refractivity contribution in [1.29, 1.82) is 0 Å². The van der Waals surface area contributed by atoms with E-state index in [0.29, 0.717) is 19.7 Å². The van der Waals surface area contributed by atoms with Gasteiger partial charge in [-0.05, 0) is 38.3 Å². The standard InChI is InChI=1S/C22H31N5O3S/c1-2-30-18(28)16-22(9-4-3-5-10-22)25-20(29)26-12-7-13-27(15-14-26)21-24-17-8-6-11-23-19(17)31-21/h6,8,11H,2-5,7,9-10,12-16H2,1H3,(H,25,29). The summed E-state index contributed by atoms with van der Waals surface area (Å²) in [6, 6.07) is 3.81. The number of rotatable bonds is 5. The van der Waals surface area contributed by atoms with E-state index in [0.717, 1.165) is 67.1 Å². The smallest absolute Gasteiger partial charge is 0.317 e. The van der Waals surface area contributed by atoms with E-state index >= 15 is 0 Å². The third kappa shape index (κ3) is 5.26. The number of hydrogen-bond donors (Lipinski definition) is 1. The zero-order valence-corrected chi connectivity index (χ0v) is 19.0. The SMILES string of the molecule is CCOC(=O)CC1(NC(=O)N2CCCN(c3nc4cccnc4s3)CC2)CCCCC1. The summed E-state index contributed by atoms with van der Waals surface area (Å²) in [6.07, 6.45) is 7.78. The quantitative estimate of drug-likeness (QED) is 0.708. The van der Waals surface area contributed by atoms with Crippen LogP contribution in [0.2, 0.25) is 0 Å². The van der Waals surface area contributed by atoms with E-state index < -0.39 is 5.54 Å². The molecule has 8 nitrogen and oxygen atoms in total. The van der Waals surface area contributed by atoms with Crippen molar-refractivity contribution < 1.29 is 14.3 Å². The van der Waals surface area contributed by atoms with Crippen LogP contribution in [0.4, 0.5) is 9.93 Å². The zero-order valence-electron chi connectivity index (χ0n) is 18.1. The van der Waals surface area contributed by atoms with Crippen LogP contribution in [0.25, 0.3) is 10.3 Å². The molecule has 0 aromatic carbocycles. The van der Waals surface area contributed by atoms with E-state index in [1.165, 1.54) is 0 Å². The molecule has 1 saturated heterocycles. The second-order valence-electron chi connectivity index (χ2n) is 8.40. The minimum Gasteiger partial charge on any atom is -0.466 e. The summed E-state index contributed by atoms with van der Waals surface area (Å²) < 4.78 is 5.18. The highest BCUT2D eigenvalue weighted by atomic mass is 32.1. The molecule has 9 heteroatoms. The Balaban J connectivity index is 1.39. The molecule has 2 amide bonds. The maximum Gasteiger partial charge on any atom is 0.317 e. The monoisotopic (exact) mass is 445 g/mol. The molecule has 168 valence electrons. The maximum absolute atomic E-state index is 13.2. The first kappa shape index (κ1) is 21.8. The molecule has 1 aliphatic heterocycles. The lowest BCUT2D eigenvalue weighted by atomic mass is 9.79. The number of pyridine rings is 1. The van der Waals surface area contributed by atoms with E-state index in [1.54, 1.807) is 17.5 Å². The van der Waals surface area contributed by atoms with Gasteiger partial charge >= 0.3 is 12.0 Å². The van der Waals surface area contributed by atoms with Crippen LogP contribution in [0.1, 0.15) is 51.9 Å². The van der Waals surface area contributed by atoms with Gasteiger partial charge in [-0.1, -0.05) is 30.6 Å². The fourth-order valence-corrected chi connectivity index (χ4v) is 5.53. The normalized spacial score (nSPS) is 19.1. The van der Waals surface area contributed by atoms with Gasteiger partial charge in [-0.3, -0.25) is 4.79 Å². The van der Waals surface area contributed by atoms with Crippen molar-refractivity contribution in [3.05, 3.63) is 18.3 Å².